The van der Waals surface area contributed by atoms with E-state index in [1.54, 1.807) is 0 Å². The molecule has 1 aliphatic rings. The predicted molar refractivity (Wildman–Crippen MR) is 63.3 cm³/mol. The lowest BCUT2D eigenvalue weighted by Crippen LogP contribution is -2.03. The normalized spacial score (nSPS) is 15.8. The Morgan fingerprint density at radius 2 is 2.31 bits per heavy atom. The minimum Gasteiger partial charge on any atom is -0.388 e. The van der Waals surface area contributed by atoms with Gasteiger partial charge >= 0.3 is 0 Å². The van der Waals surface area contributed by atoms with Crippen molar-refractivity contribution in [1.29, 1.82) is 0 Å². The summed E-state index contributed by atoms with van der Waals surface area (Å²) >= 11 is 0. The van der Waals surface area contributed by atoms with E-state index in [0.717, 1.165) is 36.1 Å². The van der Waals surface area contributed by atoms with Crippen LogP contribution in [0.3, 0.4) is 0 Å². The summed E-state index contributed by atoms with van der Waals surface area (Å²) in [7, 11) is 0. The fourth-order valence-corrected chi connectivity index (χ4v) is 2.02. The van der Waals surface area contributed by atoms with Crippen molar-refractivity contribution in [3.05, 3.63) is 29.3 Å². The molecule has 0 fully saturated rings. The average molecular weight is 219 g/mol. The molecule has 0 aliphatic carbocycles. The van der Waals surface area contributed by atoms with Crippen LogP contribution in [0.1, 0.15) is 43.4 Å². The third-order valence-electron chi connectivity index (χ3n) is 2.97. The molecule has 2 rings (SSSR count). The largest absolute Gasteiger partial charge is 0.388 e. The molecule has 1 aromatic rings. The van der Waals surface area contributed by atoms with E-state index in [1.807, 2.05) is 18.2 Å². The lowest BCUT2D eigenvalue weighted by Gasteiger charge is -2.11. The van der Waals surface area contributed by atoms with Gasteiger partial charge in [-0.05, 0) is 23.6 Å². The van der Waals surface area contributed by atoms with Crippen molar-refractivity contribution in [2.45, 2.75) is 38.7 Å². The summed E-state index contributed by atoms with van der Waals surface area (Å²) < 4.78 is 0. The molecule has 0 spiro atoms. The maximum absolute atomic E-state index is 11.2. The Hall–Kier alpha value is -1.35. The molecule has 0 radical (unpaired) electrons. The summed E-state index contributed by atoms with van der Waals surface area (Å²) in [4.78, 5) is 11.2. The van der Waals surface area contributed by atoms with Gasteiger partial charge < -0.3 is 10.4 Å². The minimum atomic E-state index is -0.402. The summed E-state index contributed by atoms with van der Waals surface area (Å²) in [6.07, 6.45) is 2.93. The molecular formula is C13H17NO2. The Morgan fingerprint density at radius 3 is 3.06 bits per heavy atom. The van der Waals surface area contributed by atoms with Crippen LogP contribution in [-0.2, 0) is 11.2 Å². The predicted octanol–water partition coefficient (Wildman–Crippen LogP) is 2.40. The summed E-state index contributed by atoms with van der Waals surface area (Å²) in [5, 5.41) is 12.7. The van der Waals surface area contributed by atoms with E-state index in [2.05, 4.69) is 12.2 Å². The van der Waals surface area contributed by atoms with Crippen LogP contribution in [0.25, 0.3) is 0 Å². The quantitative estimate of drug-likeness (QED) is 0.817. The van der Waals surface area contributed by atoms with E-state index in [1.165, 1.54) is 0 Å². The van der Waals surface area contributed by atoms with Gasteiger partial charge in [0.25, 0.3) is 0 Å². The first kappa shape index (κ1) is 11.1. The smallest absolute Gasteiger partial charge is 0.228 e. The Bertz CT molecular complexity index is 401. The van der Waals surface area contributed by atoms with Crippen molar-refractivity contribution in [1.82, 2.24) is 0 Å². The molecule has 0 saturated carbocycles. The summed E-state index contributed by atoms with van der Waals surface area (Å²) in [6, 6.07) is 5.71. The van der Waals surface area contributed by atoms with Gasteiger partial charge in [-0.15, -0.1) is 0 Å². The van der Waals surface area contributed by atoms with Gasteiger partial charge in [0, 0.05) is 5.69 Å². The second kappa shape index (κ2) is 4.66. The van der Waals surface area contributed by atoms with Crippen molar-refractivity contribution in [3.8, 4) is 0 Å². The number of aliphatic hydroxyl groups is 1. The minimum absolute atomic E-state index is 0.0372. The second-order valence-electron chi connectivity index (χ2n) is 4.30. The highest BCUT2D eigenvalue weighted by atomic mass is 16.3. The second-order valence-corrected chi connectivity index (χ2v) is 4.30. The Morgan fingerprint density at radius 1 is 1.50 bits per heavy atom. The number of carbonyl (C=O) groups is 1. The van der Waals surface area contributed by atoms with Crippen molar-refractivity contribution < 1.29 is 9.90 Å². The van der Waals surface area contributed by atoms with E-state index in [9.17, 15) is 9.90 Å². The van der Waals surface area contributed by atoms with Crippen LogP contribution in [0.2, 0.25) is 0 Å². The number of rotatable bonds is 4. The maximum Gasteiger partial charge on any atom is 0.228 e. The zero-order valence-electron chi connectivity index (χ0n) is 9.49. The van der Waals surface area contributed by atoms with Crippen LogP contribution in [0.5, 0.6) is 0 Å². The summed E-state index contributed by atoms with van der Waals surface area (Å²) in [5.74, 6) is 0.0372. The van der Waals surface area contributed by atoms with Gasteiger partial charge in [0.05, 0.1) is 12.5 Å². The first-order valence-corrected chi connectivity index (χ1v) is 5.81. The number of anilines is 1. The standard InChI is InChI=1S/C13H17NO2/c1-2-3-4-12(15)9-5-6-11-10(7-9)8-13(16)14-11/h5-7,12,15H,2-4,8H2,1H3,(H,14,16). The maximum atomic E-state index is 11.2. The lowest BCUT2D eigenvalue weighted by molar-refractivity contribution is -0.115. The fourth-order valence-electron chi connectivity index (χ4n) is 2.02. The fraction of sp³-hybridized carbons (Fsp3) is 0.462. The molecule has 3 heteroatoms. The zero-order valence-corrected chi connectivity index (χ0v) is 9.49. The molecule has 1 heterocycles. The van der Waals surface area contributed by atoms with Gasteiger partial charge in [0.1, 0.15) is 0 Å². The molecule has 0 aromatic heterocycles. The zero-order chi connectivity index (χ0) is 11.5. The van der Waals surface area contributed by atoms with Crippen LogP contribution >= 0.6 is 0 Å². The molecule has 3 nitrogen and oxygen atoms in total. The van der Waals surface area contributed by atoms with Crippen molar-refractivity contribution >= 4 is 11.6 Å². The molecule has 16 heavy (non-hydrogen) atoms. The molecule has 0 bridgehead atoms. The third kappa shape index (κ3) is 2.25. The van der Waals surface area contributed by atoms with E-state index in [4.69, 9.17) is 0 Å². The van der Waals surface area contributed by atoms with Gasteiger partial charge in [-0.25, -0.2) is 0 Å². The summed E-state index contributed by atoms with van der Waals surface area (Å²) in [6.45, 7) is 2.11. The molecular weight excluding hydrogens is 202 g/mol. The molecule has 1 amide bonds. The van der Waals surface area contributed by atoms with Gasteiger partial charge in [0.15, 0.2) is 0 Å². The monoisotopic (exact) mass is 219 g/mol. The van der Waals surface area contributed by atoms with E-state index in [-0.39, 0.29) is 5.91 Å². The number of benzene rings is 1. The summed E-state index contributed by atoms with van der Waals surface area (Å²) in [5.41, 5.74) is 2.80. The van der Waals surface area contributed by atoms with Crippen LogP contribution in [0.4, 0.5) is 5.69 Å². The molecule has 1 aromatic carbocycles. The van der Waals surface area contributed by atoms with Crippen molar-refractivity contribution in [2.75, 3.05) is 5.32 Å². The lowest BCUT2D eigenvalue weighted by atomic mass is 10.0. The average Bonchev–Trinajstić information content (AvgIpc) is 2.64. The molecule has 1 atom stereocenters. The van der Waals surface area contributed by atoms with Crippen LogP contribution < -0.4 is 5.32 Å². The van der Waals surface area contributed by atoms with Gasteiger partial charge in [-0.1, -0.05) is 31.9 Å². The highest BCUT2D eigenvalue weighted by Crippen LogP contribution is 2.28. The number of fused-ring (bicyclic) bond motifs is 1. The Kier molecular flexibility index (Phi) is 3.25. The molecule has 86 valence electrons. The van der Waals surface area contributed by atoms with Crippen LogP contribution in [-0.4, -0.2) is 11.0 Å². The van der Waals surface area contributed by atoms with Crippen molar-refractivity contribution in [3.63, 3.8) is 0 Å². The van der Waals surface area contributed by atoms with E-state index in [0.29, 0.717) is 6.42 Å². The highest BCUT2D eigenvalue weighted by Gasteiger charge is 2.18. The third-order valence-corrected chi connectivity index (χ3v) is 2.97. The number of unbranched alkanes of at least 4 members (excludes halogenated alkanes) is 1. The van der Waals surface area contributed by atoms with Gasteiger partial charge in [-0.3, -0.25) is 4.79 Å². The Balaban J connectivity index is 2.12. The molecule has 1 aliphatic heterocycles. The first-order valence-electron chi connectivity index (χ1n) is 5.81. The van der Waals surface area contributed by atoms with Crippen LogP contribution in [0.15, 0.2) is 18.2 Å². The molecule has 0 saturated heterocycles. The number of aliphatic hydroxyl groups excluding tert-OH is 1. The number of hydrogen-bond acceptors (Lipinski definition) is 2. The number of hydrogen-bond donors (Lipinski definition) is 2. The van der Waals surface area contributed by atoms with Crippen molar-refractivity contribution in [2.24, 2.45) is 0 Å². The SMILES string of the molecule is CCCCC(O)c1ccc2c(c1)CC(=O)N2. The molecule has 2 N–H and O–H groups in total. The topological polar surface area (TPSA) is 49.3 Å². The first-order chi connectivity index (χ1) is 7.70. The van der Waals surface area contributed by atoms with E-state index < -0.39 is 6.10 Å². The molecule has 1 unspecified atom stereocenters. The van der Waals surface area contributed by atoms with Gasteiger partial charge in [-0.2, -0.15) is 0 Å². The number of nitrogens with one attached hydrogen (secondary N) is 1. The van der Waals surface area contributed by atoms with Crippen LogP contribution in [0, 0.1) is 0 Å². The van der Waals surface area contributed by atoms with Gasteiger partial charge in [0.2, 0.25) is 5.91 Å². The number of amides is 1. The van der Waals surface area contributed by atoms with E-state index >= 15 is 0 Å². The number of carbonyl (C=O) groups excluding carboxylic acids is 1. The Labute approximate surface area is 95.5 Å². The highest BCUT2D eigenvalue weighted by molar-refractivity contribution is 5.99.